The van der Waals surface area contributed by atoms with Crippen LogP contribution >= 0.6 is 15.9 Å². The fourth-order valence-corrected chi connectivity index (χ4v) is 2.59. The molecule has 0 heterocycles. The second kappa shape index (κ2) is 7.97. The fraction of sp³-hybridized carbons (Fsp3) is 0.222. The average molecular weight is 391 g/mol. The first kappa shape index (κ1) is 18.0. The van der Waals surface area contributed by atoms with Crippen LogP contribution in [-0.4, -0.2) is 25.5 Å². The molecule has 0 fully saturated rings. The van der Waals surface area contributed by atoms with E-state index >= 15 is 0 Å². The number of amides is 2. The molecule has 0 spiro atoms. The third kappa shape index (κ3) is 4.35. The maximum absolute atomic E-state index is 12.4. The molecule has 6 heteroatoms. The van der Waals surface area contributed by atoms with Crippen molar-refractivity contribution < 1.29 is 14.3 Å². The van der Waals surface area contributed by atoms with Gasteiger partial charge in [0.15, 0.2) is 0 Å². The number of ether oxygens (including phenoxy) is 1. The summed E-state index contributed by atoms with van der Waals surface area (Å²) in [5, 5.41) is 2.83. The molecule has 126 valence electrons. The molecule has 0 aliphatic carbocycles. The van der Waals surface area contributed by atoms with Gasteiger partial charge in [0.1, 0.15) is 5.75 Å². The Morgan fingerprint density at radius 2 is 1.96 bits per heavy atom. The average Bonchev–Trinajstić information content (AvgIpc) is 2.56. The van der Waals surface area contributed by atoms with E-state index < -0.39 is 0 Å². The lowest BCUT2D eigenvalue weighted by Gasteiger charge is -2.16. The summed E-state index contributed by atoms with van der Waals surface area (Å²) in [6.07, 6.45) is 0. The molecule has 0 aliphatic heterocycles. The Bertz CT molecular complexity index is 762. The summed E-state index contributed by atoms with van der Waals surface area (Å²) in [5.41, 5.74) is 1.85. The summed E-state index contributed by atoms with van der Waals surface area (Å²) < 4.78 is 6.16. The molecule has 1 N–H and O–H groups in total. The number of carbonyl (C=O) groups excluding carboxylic acids is 2. The molecular formula is C18H19BrN2O3. The zero-order valence-electron chi connectivity index (χ0n) is 13.8. The predicted octanol–water partition coefficient (Wildman–Crippen LogP) is 4.08. The standard InChI is InChI=1S/C18H19BrN2O3/c1-4-24-17-9-8-13(10-16(17)19)18(23)20-14-6-5-7-15(11-14)21(3)12(2)22/h5-11H,4H2,1-3H3,(H,20,23). The molecule has 0 saturated carbocycles. The Morgan fingerprint density at radius 1 is 1.21 bits per heavy atom. The zero-order chi connectivity index (χ0) is 17.7. The summed E-state index contributed by atoms with van der Waals surface area (Å²) in [6.45, 7) is 3.95. The number of halogens is 1. The Hall–Kier alpha value is -2.34. The second-order valence-electron chi connectivity index (χ2n) is 5.16. The lowest BCUT2D eigenvalue weighted by Crippen LogP contribution is -2.23. The summed E-state index contributed by atoms with van der Waals surface area (Å²) >= 11 is 3.40. The van der Waals surface area contributed by atoms with Crippen molar-refractivity contribution in [2.45, 2.75) is 13.8 Å². The molecule has 2 rings (SSSR count). The van der Waals surface area contributed by atoms with Gasteiger partial charge < -0.3 is 15.0 Å². The largest absolute Gasteiger partial charge is 0.493 e. The van der Waals surface area contributed by atoms with Gasteiger partial charge in [0.2, 0.25) is 5.91 Å². The first-order chi connectivity index (χ1) is 11.4. The number of rotatable bonds is 5. The number of carbonyl (C=O) groups is 2. The van der Waals surface area contributed by atoms with Gasteiger partial charge >= 0.3 is 0 Å². The van der Waals surface area contributed by atoms with E-state index in [2.05, 4.69) is 21.2 Å². The molecule has 2 amide bonds. The van der Waals surface area contributed by atoms with Crippen molar-refractivity contribution >= 4 is 39.1 Å². The summed E-state index contributed by atoms with van der Waals surface area (Å²) in [5.74, 6) is 0.384. The first-order valence-electron chi connectivity index (χ1n) is 7.50. The van der Waals surface area contributed by atoms with E-state index in [0.29, 0.717) is 29.3 Å². The van der Waals surface area contributed by atoms with Gasteiger partial charge in [0.25, 0.3) is 5.91 Å². The fourth-order valence-electron chi connectivity index (χ4n) is 2.09. The summed E-state index contributed by atoms with van der Waals surface area (Å²) in [7, 11) is 1.69. The van der Waals surface area contributed by atoms with Crippen molar-refractivity contribution in [1.29, 1.82) is 0 Å². The van der Waals surface area contributed by atoms with E-state index in [9.17, 15) is 9.59 Å². The van der Waals surface area contributed by atoms with Crippen LogP contribution in [-0.2, 0) is 4.79 Å². The molecule has 0 saturated heterocycles. The van der Waals surface area contributed by atoms with E-state index in [-0.39, 0.29) is 11.8 Å². The van der Waals surface area contributed by atoms with Crippen molar-refractivity contribution in [3.63, 3.8) is 0 Å². The second-order valence-corrected chi connectivity index (χ2v) is 6.02. The number of nitrogens with zero attached hydrogens (tertiary/aromatic N) is 1. The zero-order valence-corrected chi connectivity index (χ0v) is 15.4. The van der Waals surface area contributed by atoms with Gasteiger partial charge in [0, 0.05) is 30.9 Å². The lowest BCUT2D eigenvalue weighted by molar-refractivity contribution is -0.116. The number of anilines is 2. The Balaban J connectivity index is 2.16. The highest BCUT2D eigenvalue weighted by Crippen LogP contribution is 2.26. The first-order valence-corrected chi connectivity index (χ1v) is 8.29. The van der Waals surface area contributed by atoms with Crippen LogP contribution in [0.15, 0.2) is 46.9 Å². The van der Waals surface area contributed by atoms with Crippen molar-refractivity contribution in [2.75, 3.05) is 23.9 Å². The lowest BCUT2D eigenvalue weighted by atomic mass is 10.2. The van der Waals surface area contributed by atoms with Crippen molar-refractivity contribution in [1.82, 2.24) is 0 Å². The third-order valence-electron chi connectivity index (χ3n) is 3.46. The molecule has 0 aromatic heterocycles. The smallest absolute Gasteiger partial charge is 0.255 e. The third-order valence-corrected chi connectivity index (χ3v) is 4.08. The topological polar surface area (TPSA) is 58.6 Å². The van der Waals surface area contributed by atoms with Gasteiger partial charge in [-0.25, -0.2) is 0 Å². The van der Waals surface area contributed by atoms with Crippen LogP contribution in [0, 0.1) is 0 Å². The van der Waals surface area contributed by atoms with Gasteiger partial charge in [-0.05, 0) is 59.3 Å². The minimum absolute atomic E-state index is 0.0751. The van der Waals surface area contributed by atoms with Crippen LogP contribution in [0.25, 0.3) is 0 Å². The maximum Gasteiger partial charge on any atom is 0.255 e. The molecule has 5 nitrogen and oxygen atoms in total. The maximum atomic E-state index is 12.4. The minimum Gasteiger partial charge on any atom is -0.493 e. The van der Waals surface area contributed by atoms with Crippen molar-refractivity contribution in [3.8, 4) is 5.75 Å². The van der Waals surface area contributed by atoms with Gasteiger partial charge in [-0.1, -0.05) is 6.07 Å². The highest BCUT2D eigenvalue weighted by Gasteiger charge is 2.11. The quantitative estimate of drug-likeness (QED) is 0.836. The molecule has 2 aromatic carbocycles. The molecule has 0 unspecified atom stereocenters. The number of nitrogens with one attached hydrogen (secondary N) is 1. The predicted molar refractivity (Wildman–Crippen MR) is 98.8 cm³/mol. The van der Waals surface area contributed by atoms with E-state index in [1.54, 1.807) is 43.4 Å². The highest BCUT2D eigenvalue weighted by atomic mass is 79.9. The van der Waals surface area contributed by atoms with E-state index in [4.69, 9.17) is 4.74 Å². The van der Waals surface area contributed by atoms with Crippen molar-refractivity contribution in [3.05, 3.63) is 52.5 Å². The van der Waals surface area contributed by atoms with Crippen LogP contribution < -0.4 is 15.0 Å². The Morgan fingerprint density at radius 3 is 2.58 bits per heavy atom. The molecule has 24 heavy (non-hydrogen) atoms. The summed E-state index contributed by atoms with van der Waals surface area (Å²) in [4.78, 5) is 25.4. The summed E-state index contributed by atoms with van der Waals surface area (Å²) in [6, 6.07) is 12.3. The minimum atomic E-state index is -0.235. The number of benzene rings is 2. The Kier molecular flexibility index (Phi) is 5.98. The Labute approximate surface area is 149 Å². The molecular weight excluding hydrogens is 372 g/mol. The molecule has 0 atom stereocenters. The van der Waals surface area contributed by atoms with Crippen LogP contribution in [0.5, 0.6) is 5.75 Å². The van der Waals surface area contributed by atoms with Gasteiger partial charge in [-0.2, -0.15) is 0 Å². The van der Waals surface area contributed by atoms with E-state index in [1.165, 1.54) is 11.8 Å². The normalized spacial score (nSPS) is 10.2. The van der Waals surface area contributed by atoms with Crippen molar-refractivity contribution in [2.24, 2.45) is 0 Å². The van der Waals surface area contributed by atoms with Gasteiger partial charge in [-0.15, -0.1) is 0 Å². The van der Waals surface area contributed by atoms with Crippen LogP contribution in [0.4, 0.5) is 11.4 Å². The SMILES string of the molecule is CCOc1ccc(C(=O)Nc2cccc(N(C)C(C)=O)c2)cc1Br. The molecule has 0 aliphatic rings. The monoisotopic (exact) mass is 390 g/mol. The molecule has 2 aromatic rings. The number of hydrogen-bond acceptors (Lipinski definition) is 3. The van der Waals surface area contributed by atoms with Gasteiger partial charge in [0.05, 0.1) is 11.1 Å². The van der Waals surface area contributed by atoms with Crippen LogP contribution in [0.3, 0.4) is 0 Å². The highest BCUT2D eigenvalue weighted by molar-refractivity contribution is 9.10. The molecule has 0 bridgehead atoms. The van der Waals surface area contributed by atoms with E-state index in [0.717, 1.165) is 4.47 Å². The molecule has 0 radical (unpaired) electrons. The van der Waals surface area contributed by atoms with Crippen LogP contribution in [0.1, 0.15) is 24.2 Å². The van der Waals surface area contributed by atoms with Gasteiger partial charge in [-0.3, -0.25) is 9.59 Å². The number of hydrogen-bond donors (Lipinski definition) is 1. The van der Waals surface area contributed by atoms with Crippen LogP contribution in [0.2, 0.25) is 0 Å². The van der Waals surface area contributed by atoms with E-state index in [1.807, 2.05) is 13.0 Å².